The van der Waals surface area contributed by atoms with Gasteiger partial charge in [-0.3, -0.25) is 0 Å². The second kappa shape index (κ2) is 8.95. The second-order valence-corrected chi connectivity index (χ2v) is 4.40. The summed E-state index contributed by atoms with van der Waals surface area (Å²) in [5.41, 5.74) is 1.24. The molecule has 1 rings (SSSR count). The van der Waals surface area contributed by atoms with Gasteiger partial charge in [-0.2, -0.15) is 0 Å². The first-order valence-electron chi connectivity index (χ1n) is 6.84. The number of anilines is 1. The first-order valence-corrected chi connectivity index (χ1v) is 6.84. The van der Waals surface area contributed by atoms with Crippen LogP contribution in [0.1, 0.15) is 13.8 Å². The molecule has 102 valence electrons. The number of hydrogen-bond acceptors (Lipinski definition) is 3. The van der Waals surface area contributed by atoms with Crippen LogP contribution in [0.15, 0.2) is 30.3 Å². The van der Waals surface area contributed by atoms with Gasteiger partial charge in [0.15, 0.2) is 0 Å². The van der Waals surface area contributed by atoms with Crippen molar-refractivity contribution in [2.24, 2.45) is 0 Å². The molecule has 0 aromatic heterocycles. The van der Waals surface area contributed by atoms with Gasteiger partial charge in [-0.25, -0.2) is 0 Å². The standard InChI is InChI=1S/C15H26N2O/c1-4-17(5-2)12-14-18-13-11-16(3)15-9-7-6-8-10-15/h6-10H,4-5,11-14H2,1-3H3. The van der Waals surface area contributed by atoms with Crippen molar-refractivity contribution in [3.05, 3.63) is 30.3 Å². The lowest BCUT2D eigenvalue weighted by Gasteiger charge is -2.20. The van der Waals surface area contributed by atoms with Crippen molar-refractivity contribution in [2.45, 2.75) is 13.8 Å². The van der Waals surface area contributed by atoms with Crippen LogP contribution >= 0.6 is 0 Å². The van der Waals surface area contributed by atoms with E-state index in [4.69, 9.17) is 4.74 Å². The van der Waals surface area contributed by atoms with E-state index in [9.17, 15) is 0 Å². The summed E-state index contributed by atoms with van der Waals surface area (Å²) in [5.74, 6) is 0. The Kier molecular flexibility index (Phi) is 7.46. The third-order valence-electron chi connectivity index (χ3n) is 3.21. The maximum atomic E-state index is 5.68. The van der Waals surface area contributed by atoms with Crippen LogP contribution in [0.5, 0.6) is 0 Å². The van der Waals surface area contributed by atoms with Gasteiger partial charge in [0.25, 0.3) is 0 Å². The van der Waals surface area contributed by atoms with Crippen molar-refractivity contribution in [1.82, 2.24) is 4.90 Å². The largest absolute Gasteiger partial charge is 0.378 e. The van der Waals surface area contributed by atoms with Crippen LogP contribution in [0, 0.1) is 0 Å². The van der Waals surface area contributed by atoms with Crippen LogP contribution in [0.3, 0.4) is 0 Å². The minimum Gasteiger partial charge on any atom is -0.378 e. The van der Waals surface area contributed by atoms with Gasteiger partial charge in [0.1, 0.15) is 0 Å². The van der Waals surface area contributed by atoms with E-state index in [1.165, 1.54) is 5.69 Å². The predicted molar refractivity (Wildman–Crippen MR) is 78.3 cm³/mol. The summed E-state index contributed by atoms with van der Waals surface area (Å²) in [7, 11) is 2.10. The topological polar surface area (TPSA) is 15.7 Å². The number of likely N-dealkylation sites (N-methyl/N-ethyl adjacent to an activating group) is 2. The molecule has 0 atom stereocenters. The number of benzene rings is 1. The summed E-state index contributed by atoms with van der Waals surface area (Å²) >= 11 is 0. The van der Waals surface area contributed by atoms with Crippen molar-refractivity contribution in [3.63, 3.8) is 0 Å². The Morgan fingerprint density at radius 2 is 1.56 bits per heavy atom. The number of rotatable bonds is 9. The summed E-state index contributed by atoms with van der Waals surface area (Å²) in [4.78, 5) is 4.60. The van der Waals surface area contributed by atoms with Gasteiger partial charge in [0.05, 0.1) is 13.2 Å². The fourth-order valence-electron chi connectivity index (χ4n) is 1.85. The third kappa shape index (κ3) is 5.52. The molecule has 3 heteroatoms. The van der Waals surface area contributed by atoms with Crippen LogP contribution in [-0.2, 0) is 4.74 Å². The van der Waals surface area contributed by atoms with E-state index < -0.39 is 0 Å². The van der Waals surface area contributed by atoms with Gasteiger partial charge < -0.3 is 14.5 Å². The van der Waals surface area contributed by atoms with Gasteiger partial charge in [0, 0.05) is 25.8 Å². The normalized spacial score (nSPS) is 10.9. The molecular formula is C15H26N2O. The zero-order valence-electron chi connectivity index (χ0n) is 11.9. The van der Waals surface area contributed by atoms with Gasteiger partial charge in [-0.15, -0.1) is 0 Å². The summed E-state index contributed by atoms with van der Waals surface area (Å²) < 4.78 is 5.68. The van der Waals surface area contributed by atoms with Gasteiger partial charge in [0.2, 0.25) is 0 Å². The van der Waals surface area contributed by atoms with E-state index in [1.54, 1.807) is 0 Å². The average molecular weight is 250 g/mol. The Balaban J connectivity index is 2.11. The number of nitrogens with zero attached hydrogens (tertiary/aromatic N) is 2. The van der Waals surface area contributed by atoms with E-state index in [-0.39, 0.29) is 0 Å². The smallest absolute Gasteiger partial charge is 0.0642 e. The maximum Gasteiger partial charge on any atom is 0.0642 e. The minimum absolute atomic E-state index is 0.784. The Morgan fingerprint density at radius 1 is 0.944 bits per heavy atom. The Morgan fingerprint density at radius 3 is 2.17 bits per heavy atom. The highest BCUT2D eigenvalue weighted by atomic mass is 16.5. The highest BCUT2D eigenvalue weighted by molar-refractivity contribution is 5.44. The van der Waals surface area contributed by atoms with Crippen molar-refractivity contribution < 1.29 is 4.74 Å². The second-order valence-electron chi connectivity index (χ2n) is 4.40. The van der Waals surface area contributed by atoms with Crippen LogP contribution in [0.2, 0.25) is 0 Å². The van der Waals surface area contributed by atoms with Gasteiger partial charge in [-0.05, 0) is 25.2 Å². The molecule has 0 aliphatic carbocycles. The fourth-order valence-corrected chi connectivity index (χ4v) is 1.85. The van der Waals surface area contributed by atoms with Gasteiger partial charge >= 0.3 is 0 Å². The van der Waals surface area contributed by atoms with E-state index in [1.807, 2.05) is 6.07 Å². The molecule has 0 saturated heterocycles. The van der Waals surface area contributed by atoms with Crippen molar-refractivity contribution >= 4 is 5.69 Å². The summed E-state index contributed by atoms with van der Waals surface area (Å²) in [5, 5.41) is 0. The molecule has 0 unspecified atom stereocenters. The number of ether oxygens (including phenoxy) is 1. The first-order chi connectivity index (χ1) is 8.77. The molecule has 0 fully saturated rings. The molecule has 0 aliphatic rings. The molecule has 0 heterocycles. The summed E-state index contributed by atoms with van der Waals surface area (Å²) in [6, 6.07) is 10.4. The molecule has 0 saturated carbocycles. The number of hydrogen-bond donors (Lipinski definition) is 0. The molecule has 1 aromatic carbocycles. The van der Waals surface area contributed by atoms with Gasteiger partial charge in [-0.1, -0.05) is 32.0 Å². The molecule has 0 bridgehead atoms. The minimum atomic E-state index is 0.784. The molecule has 0 amide bonds. The quantitative estimate of drug-likeness (QED) is 0.626. The lowest BCUT2D eigenvalue weighted by Crippen LogP contribution is -2.28. The highest BCUT2D eigenvalue weighted by Crippen LogP contribution is 2.09. The van der Waals surface area contributed by atoms with Crippen LogP contribution < -0.4 is 4.90 Å². The van der Waals surface area contributed by atoms with E-state index >= 15 is 0 Å². The fraction of sp³-hybridized carbons (Fsp3) is 0.600. The van der Waals surface area contributed by atoms with Crippen molar-refractivity contribution in [3.8, 4) is 0 Å². The molecule has 1 aromatic rings. The average Bonchev–Trinajstić information content (AvgIpc) is 2.43. The molecule has 0 aliphatic heterocycles. The SMILES string of the molecule is CCN(CC)CCOCCN(C)c1ccccc1. The molecule has 0 spiro atoms. The third-order valence-corrected chi connectivity index (χ3v) is 3.21. The van der Waals surface area contributed by atoms with E-state index in [0.29, 0.717) is 0 Å². The Bertz CT molecular complexity index is 299. The van der Waals surface area contributed by atoms with Crippen molar-refractivity contribution in [2.75, 3.05) is 51.3 Å². The molecule has 18 heavy (non-hydrogen) atoms. The summed E-state index contributed by atoms with van der Waals surface area (Å²) in [6.45, 7) is 10.1. The van der Waals surface area contributed by atoms with Crippen LogP contribution in [-0.4, -0.2) is 51.3 Å². The van der Waals surface area contributed by atoms with E-state index in [0.717, 1.165) is 39.4 Å². The predicted octanol–water partition coefficient (Wildman–Crippen LogP) is 2.48. The van der Waals surface area contributed by atoms with Crippen LogP contribution in [0.4, 0.5) is 5.69 Å². The molecule has 0 N–H and O–H groups in total. The first kappa shape index (κ1) is 15.0. The zero-order valence-corrected chi connectivity index (χ0v) is 11.9. The molecular weight excluding hydrogens is 224 g/mol. The molecule has 3 nitrogen and oxygen atoms in total. The Labute approximate surface area is 111 Å². The zero-order chi connectivity index (χ0) is 13.2. The number of para-hydroxylation sites is 1. The molecule has 0 radical (unpaired) electrons. The van der Waals surface area contributed by atoms with E-state index in [2.05, 4.69) is 55.0 Å². The lowest BCUT2D eigenvalue weighted by molar-refractivity contribution is 0.112. The van der Waals surface area contributed by atoms with Crippen LogP contribution in [0.25, 0.3) is 0 Å². The highest BCUT2D eigenvalue weighted by Gasteiger charge is 2.00. The Hall–Kier alpha value is -1.06. The van der Waals surface area contributed by atoms with Crippen molar-refractivity contribution in [1.29, 1.82) is 0 Å². The monoisotopic (exact) mass is 250 g/mol. The maximum absolute atomic E-state index is 5.68. The lowest BCUT2D eigenvalue weighted by atomic mass is 10.3. The summed E-state index contributed by atoms with van der Waals surface area (Å²) in [6.07, 6.45) is 0.